The molecule has 0 radical (unpaired) electrons. The number of nitrogens with one attached hydrogen (secondary N) is 2. The number of amides is 1. The number of hydrogen-bond donors (Lipinski definition) is 2. The van der Waals surface area contributed by atoms with E-state index in [1.54, 1.807) is 12.1 Å². The predicted molar refractivity (Wildman–Crippen MR) is 78.8 cm³/mol. The lowest BCUT2D eigenvalue weighted by atomic mass is 10.2. The van der Waals surface area contributed by atoms with E-state index in [1.807, 2.05) is 26.8 Å². The number of aryl methyl sites for hydroxylation is 1. The van der Waals surface area contributed by atoms with Crippen LogP contribution >= 0.6 is 11.6 Å². The van der Waals surface area contributed by atoms with Crippen molar-refractivity contribution in [3.8, 4) is 0 Å². The van der Waals surface area contributed by atoms with Crippen molar-refractivity contribution in [1.82, 2.24) is 5.32 Å². The van der Waals surface area contributed by atoms with Gasteiger partial charge >= 0.3 is 0 Å². The lowest BCUT2D eigenvalue weighted by molar-refractivity contribution is -0.115. The summed E-state index contributed by atoms with van der Waals surface area (Å²) in [5.74, 6) is -0.0888. The van der Waals surface area contributed by atoms with E-state index in [1.165, 1.54) is 0 Å². The van der Waals surface area contributed by atoms with Gasteiger partial charge in [-0.15, -0.1) is 0 Å². The molecular formula is C14H21ClN2O2. The van der Waals surface area contributed by atoms with Crippen molar-refractivity contribution in [1.29, 1.82) is 0 Å². The monoisotopic (exact) mass is 284 g/mol. The van der Waals surface area contributed by atoms with E-state index in [9.17, 15) is 4.79 Å². The number of carbonyl (C=O) groups is 1. The Morgan fingerprint density at radius 1 is 1.47 bits per heavy atom. The van der Waals surface area contributed by atoms with Crippen LogP contribution in [0.1, 0.15) is 19.4 Å². The van der Waals surface area contributed by atoms with Crippen LogP contribution in [0.3, 0.4) is 0 Å². The van der Waals surface area contributed by atoms with Gasteiger partial charge < -0.3 is 15.4 Å². The third-order valence-corrected chi connectivity index (χ3v) is 2.88. The normalized spacial score (nSPS) is 12.2. The summed E-state index contributed by atoms with van der Waals surface area (Å²) in [7, 11) is 0. The maximum Gasteiger partial charge on any atom is 0.238 e. The van der Waals surface area contributed by atoms with Crippen molar-refractivity contribution in [2.75, 3.05) is 25.0 Å². The van der Waals surface area contributed by atoms with Gasteiger partial charge in [-0.1, -0.05) is 17.7 Å². The third-order valence-electron chi connectivity index (χ3n) is 2.64. The first-order valence-electron chi connectivity index (χ1n) is 6.41. The number of hydrogen-bond acceptors (Lipinski definition) is 3. The molecule has 0 heterocycles. The van der Waals surface area contributed by atoms with Crippen LogP contribution in [0, 0.1) is 6.92 Å². The number of anilines is 1. The van der Waals surface area contributed by atoms with Gasteiger partial charge in [0.15, 0.2) is 0 Å². The van der Waals surface area contributed by atoms with Gasteiger partial charge in [-0.2, -0.15) is 0 Å². The molecule has 0 fully saturated rings. The van der Waals surface area contributed by atoms with E-state index in [-0.39, 0.29) is 18.6 Å². The first-order chi connectivity index (χ1) is 9.02. The van der Waals surface area contributed by atoms with Crippen molar-refractivity contribution in [3.05, 3.63) is 28.8 Å². The second-order valence-corrected chi connectivity index (χ2v) is 4.84. The molecule has 2 N–H and O–H groups in total. The van der Waals surface area contributed by atoms with E-state index in [0.717, 1.165) is 11.3 Å². The summed E-state index contributed by atoms with van der Waals surface area (Å²) >= 11 is 5.90. The first-order valence-corrected chi connectivity index (χ1v) is 6.79. The molecular weight excluding hydrogens is 264 g/mol. The third kappa shape index (κ3) is 6.05. The highest BCUT2D eigenvalue weighted by molar-refractivity contribution is 6.31. The Morgan fingerprint density at radius 3 is 2.89 bits per heavy atom. The summed E-state index contributed by atoms with van der Waals surface area (Å²) < 4.78 is 5.37. The Labute approximate surface area is 119 Å². The number of halogens is 1. The fourth-order valence-electron chi connectivity index (χ4n) is 1.66. The topological polar surface area (TPSA) is 50.4 Å². The Kier molecular flexibility index (Phi) is 6.84. The molecule has 0 aliphatic carbocycles. The van der Waals surface area contributed by atoms with Crippen LogP contribution in [-0.2, 0) is 9.53 Å². The Bertz CT molecular complexity index is 424. The van der Waals surface area contributed by atoms with E-state index < -0.39 is 0 Å². The lowest BCUT2D eigenvalue weighted by Gasteiger charge is -2.13. The van der Waals surface area contributed by atoms with Crippen LogP contribution in [0.25, 0.3) is 0 Å². The van der Waals surface area contributed by atoms with Crippen molar-refractivity contribution < 1.29 is 9.53 Å². The molecule has 4 nitrogen and oxygen atoms in total. The zero-order valence-corrected chi connectivity index (χ0v) is 12.4. The zero-order chi connectivity index (χ0) is 14.3. The minimum Gasteiger partial charge on any atom is -0.377 e. The number of rotatable bonds is 7. The van der Waals surface area contributed by atoms with Crippen molar-refractivity contribution in [2.24, 2.45) is 0 Å². The van der Waals surface area contributed by atoms with Gasteiger partial charge in [0.25, 0.3) is 0 Å². The second kappa shape index (κ2) is 8.15. The highest BCUT2D eigenvalue weighted by Gasteiger charge is 2.06. The smallest absolute Gasteiger partial charge is 0.238 e. The summed E-state index contributed by atoms with van der Waals surface area (Å²) in [4.78, 5) is 11.8. The minimum atomic E-state index is -0.0888. The molecule has 1 aromatic carbocycles. The highest BCUT2D eigenvalue weighted by atomic mass is 35.5. The Hall–Kier alpha value is -1.10. The molecule has 1 aromatic rings. The van der Waals surface area contributed by atoms with E-state index >= 15 is 0 Å². The van der Waals surface area contributed by atoms with Crippen LogP contribution < -0.4 is 10.6 Å². The largest absolute Gasteiger partial charge is 0.377 e. The van der Waals surface area contributed by atoms with Gasteiger partial charge in [0, 0.05) is 23.9 Å². The average Bonchev–Trinajstić information content (AvgIpc) is 2.34. The molecule has 0 saturated heterocycles. The molecule has 0 aliphatic rings. The molecule has 1 unspecified atom stereocenters. The van der Waals surface area contributed by atoms with Gasteiger partial charge in [0.1, 0.15) is 0 Å². The molecule has 5 heteroatoms. The van der Waals surface area contributed by atoms with Crippen LogP contribution in [0.2, 0.25) is 5.02 Å². The van der Waals surface area contributed by atoms with Gasteiger partial charge in [-0.25, -0.2) is 0 Å². The fourth-order valence-corrected chi connectivity index (χ4v) is 1.83. The van der Waals surface area contributed by atoms with E-state index in [2.05, 4.69) is 10.6 Å². The molecule has 1 rings (SSSR count). The quantitative estimate of drug-likeness (QED) is 0.809. The molecule has 0 saturated carbocycles. The lowest BCUT2D eigenvalue weighted by Crippen LogP contribution is -2.33. The predicted octanol–water partition coefficient (Wildman–Crippen LogP) is 2.60. The molecule has 1 amide bonds. The zero-order valence-electron chi connectivity index (χ0n) is 11.6. The standard InChI is InChI=1S/C14H21ClN2O2/c1-4-19-11(3)8-16-9-14(18)17-13-7-12(15)6-5-10(13)2/h5-7,11,16H,4,8-9H2,1-3H3,(H,17,18). The molecule has 0 aromatic heterocycles. The molecule has 106 valence electrons. The molecule has 0 bridgehead atoms. The molecule has 1 atom stereocenters. The van der Waals surface area contributed by atoms with Crippen LogP contribution in [0.4, 0.5) is 5.69 Å². The van der Waals surface area contributed by atoms with Crippen molar-refractivity contribution in [2.45, 2.75) is 26.9 Å². The van der Waals surface area contributed by atoms with Crippen LogP contribution in [-0.4, -0.2) is 31.7 Å². The van der Waals surface area contributed by atoms with Gasteiger partial charge in [0.2, 0.25) is 5.91 Å². The molecule has 0 aliphatic heterocycles. The average molecular weight is 285 g/mol. The second-order valence-electron chi connectivity index (χ2n) is 4.40. The summed E-state index contributed by atoms with van der Waals surface area (Å²) in [5, 5.41) is 6.49. The summed E-state index contributed by atoms with van der Waals surface area (Å²) in [5.41, 5.74) is 1.73. The summed E-state index contributed by atoms with van der Waals surface area (Å²) in [6, 6.07) is 5.43. The van der Waals surface area contributed by atoms with Gasteiger partial charge in [0.05, 0.1) is 12.6 Å². The maximum atomic E-state index is 11.8. The van der Waals surface area contributed by atoms with Crippen LogP contribution in [0.5, 0.6) is 0 Å². The van der Waals surface area contributed by atoms with Gasteiger partial charge in [-0.05, 0) is 38.5 Å². The van der Waals surface area contributed by atoms with Crippen LogP contribution in [0.15, 0.2) is 18.2 Å². The Balaban J connectivity index is 2.37. The SMILES string of the molecule is CCOC(C)CNCC(=O)Nc1cc(Cl)ccc1C. The van der Waals surface area contributed by atoms with Crippen molar-refractivity contribution >= 4 is 23.2 Å². The summed E-state index contributed by atoms with van der Waals surface area (Å²) in [6.45, 7) is 7.42. The number of carbonyl (C=O) groups excluding carboxylic acids is 1. The van der Waals surface area contributed by atoms with E-state index in [4.69, 9.17) is 16.3 Å². The number of ether oxygens (including phenoxy) is 1. The fraction of sp³-hybridized carbons (Fsp3) is 0.500. The Morgan fingerprint density at radius 2 is 2.21 bits per heavy atom. The molecule has 0 spiro atoms. The first kappa shape index (κ1) is 16.0. The molecule has 19 heavy (non-hydrogen) atoms. The number of benzene rings is 1. The minimum absolute atomic E-state index is 0.0888. The van der Waals surface area contributed by atoms with Gasteiger partial charge in [-0.3, -0.25) is 4.79 Å². The summed E-state index contributed by atoms with van der Waals surface area (Å²) in [6.07, 6.45) is 0.103. The van der Waals surface area contributed by atoms with Crippen molar-refractivity contribution in [3.63, 3.8) is 0 Å². The van der Waals surface area contributed by atoms with E-state index in [0.29, 0.717) is 18.2 Å². The highest BCUT2D eigenvalue weighted by Crippen LogP contribution is 2.19. The maximum absolute atomic E-state index is 11.8.